The van der Waals surface area contributed by atoms with E-state index in [1.165, 1.54) is 0 Å². The van der Waals surface area contributed by atoms with Gasteiger partial charge >= 0.3 is 0 Å². The van der Waals surface area contributed by atoms with E-state index in [-0.39, 0.29) is 17.9 Å². The van der Waals surface area contributed by atoms with Crippen molar-refractivity contribution in [3.8, 4) is 11.4 Å². The summed E-state index contributed by atoms with van der Waals surface area (Å²) >= 11 is 3.45. The summed E-state index contributed by atoms with van der Waals surface area (Å²) in [4.78, 5) is 18.8. The van der Waals surface area contributed by atoms with E-state index in [0.29, 0.717) is 18.3 Å². The molecule has 134 valence electrons. The molecular formula is C18H23BrN4O2. The first-order chi connectivity index (χ1) is 12.0. The van der Waals surface area contributed by atoms with E-state index in [0.717, 1.165) is 36.0 Å². The summed E-state index contributed by atoms with van der Waals surface area (Å²) < 4.78 is 6.38. The van der Waals surface area contributed by atoms with Gasteiger partial charge in [0, 0.05) is 22.0 Å². The Kier molecular flexibility index (Phi) is 5.86. The van der Waals surface area contributed by atoms with Crippen molar-refractivity contribution >= 4 is 21.8 Å². The highest BCUT2D eigenvalue weighted by atomic mass is 79.9. The molecule has 25 heavy (non-hydrogen) atoms. The molecule has 0 aliphatic carbocycles. The SMILES string of the molecule is CC(C)NC(=O)C1CCN(Cc2nc(-c3cccc(Br)c3)no2)CC1. The van der Waals surface area contributed by atoms with Gasteiger partial charge in [0.25, 0.3) is 0 Å². The number of carbonyl (C=O) groups is 1. The number of amides is 1. The number of halogens is 1. The molecule has 1 N–H and O–H groups in total. The Morgan fingerprint density at radius 2 is 2.16 bits per heavy atom. The first-order valence-corrected chi connectivity index (χ1v) is 9.42. The fraction of sp³-hybridized carbons (Fsp3) is 0.500. The molecule has 0 spiro atoms. The van der Waals surface area contributed by atoms with Crippen molar-refractivity contribution in [3.05, 3.63) is 34.6 Å². The number of carbonyl (C=O) groups excluding carboxylic acids is 1. The standard InChI is InChI=1S/C18H23BrN4O2/c1-12(2)20-18(24)13-6-8-23(9-7-13)11-16-21-17(22-25-16)14-4-3-5-15(19)10-14/h3-5,10,12-13H,6-9,11H2,1-2H3,(H,20,24). The lowest BCUT2D eigenvalue weighted by Gasteiger charge is -2.30. The lowest BCUT2D eigenvalue weighted by Crippen LogP contribution is -2.42. The summed E-state index contributed by atoms with van der Waals surface area (Å²) in [5.74, 6) is 1.49. The van der Waals surface area contributed by atoms with Crippen LogP contribution in [0.4, 0.5) is 0 Å². The van der Waals surface area contributed by atoms with Gasteiger partial charge in [-0.2, -0.15) is 4.98 Å². The van der Waals surface area contributed by atoms with Crippen molar-refractivity contribution in [2.45, 2.75) is 39.3 Å². The lowest BCUT2D eigenvalue weighted by molar-refractivity contribution is -0.127. The summed E-state index contributed by atoms with van der Waals surface area (Å²) in [5.41, 5.74) is 0.924. The molecule has 0 radical (unpaired) electrons. The van der Waals surface area contributed by atoms with Crippen LogP contribution in [0.15, 0.2) is 33.3 Å². The van der Waals surface area contributed by atoms with Gasteiger partial charge in [0.15, 0.2) is 0 Å². The van der Waals surface area contributed by atoms with Gasteiger partial charge < -0.3 is 9.84 Å². The zero-order chi connectivity index (χ0) is 17.8. The van der Waals surface area contributed by atoms with Crippen LogP contribution in [0.5, 0.6) is 0 Å². The van der Waals surface area contributed by atoms with Crippen LogP contribution in [-0.4, -0.2) is 40.1 Å². The molecule has 0 atom stereocenters. The van der Waals surface area contributed by atoms with Crippen molar-refractivity contribution in [2.75, 3.05) is 13.1 Å². The molecule has 0 bridgehead atoms. The Labute approximate surface area is 156 Å². The van der Waals surface area contributed by atoms with Crippen molar-refractivity contribution in [3.63, 3.8) is 0 Å². The molecule has 0 unspecified atom stereocenters. The van der Waals surface area contributed by atoms with E-state index in [1.54, 1.807) is 0 Å². The number of piperidine rings is 1. The van der Waals surface area contributed by atoms with Gasteiger partial charge in [-0.15, -0.1) is 0 Å². The molecular weight excluding hydrogens is 384 g/mol. The average molecular weight is 407 g/mol. The van der Waals surface area contributed by atoms with Crippen LogP contribution in [0, 0.1) is 5.92 Å². The molecule has 1 aromatic carbocycles. The van der Waals surface area contributed by atoms with Crippen molar-refractivity contribution in [2.24, 2.45) is 5.92 Å². The first-order valence-electron chi connectivity index (χ1n) is 8.62. The van der Waals surface area contributed by atoms with Crippen LogP contribution >= 0.6 is 15.9 Å². The van der Waals surface area contributed by atoms with Gasteiger partial charge in [-0.3, -0.25) is 9.69 Å². The van der Waals surface area contributed by atoms with E-state index in [9.17, 15) is 4.79 Å². The van der Waals surface area contributed by atoms with Gasteiger partial charge in [0.2, 0.25) is 17.6 Å². The Hall–Kier alpha value is -1.73. The number of hydrogen-bond acceptors (Lipinski definition) is 5. The average Bonchev–Trinajstić information content (AvgIpc) is 3.03. The molecule has 1 aliphatic rings. The zero-order valence-corrected chi connectivity index (χ0v) is 16.1. The van der Waals surface area contributed by atoms with E-state index in [2.05, 4.69) is 36.3 Å². The minimum absolute atomic E-state index is 0.110. The highest BCUT2D eigenvalue weighted by Crippen LogP contribution is 2.22. The minimum Gasteiger partial charge on any atom is -0.354 e. The summed E-state index contributed by atoms with van der Waals surface area (Å²) in [6.07, 6.45) is 1.73. The maximum Gasteiger partial charge on any atom is 0.241 e. The van der Waals surface area contributed by atoms with Crippen LogP contribution in [0.2, 0.25) is 0 Å². The van der Waals surface area contributed by atoms with Crippen molar-refractivity contribution < 1.29 is 9.32 Å². The zero-order valence-electron chi connectivity index (χ0n) is 14.5. The topological polar surface area (TPSA) is 71.3 Å². The molecule has 1 amide bonds. The molecule has 2 aromatic rings. The Bertz CT molecular complexity index is 723. The Balaban J connectivity index is 1.54. The van der Waals surface area contributed by atoms with Crippen LogP contribution in [0.25, 0.3) is 11.4 Å². The van der Waals surface area contributed by atoms with Crippen molar-refractivity contribution in [1.29, 1.82) is 0 Å². The molecule has 1 aromatic heterocycles. The second-order valence-corrected chi connectivity index (χ2v) is 7.65. The van der Waals surface area contributed by atoms with Gasteiger partial charge in [0.1, 0.15) is 0 Å². The number of nitrogens with zero attached hydrogens (tertiary/aromatic N) is 3. The predicted molar refractivity (Wildman–Crippen MR) is 98.7 cm³/mol. The Morgan fingerprint density at radius 1 is 1.40 bits per heavy atom. The molecule has 1 fully saturated rings. The van der Waals surface area contributed by atoms with Crippen LogP contribution in [0.3, 0.4) is 0 Å². The molecule has 1 aliphatic heterocycles. The number of benzene rings is 1. The van der Waals surface area contributed by atoms with Crippen LogP contribution in [-0.2, 0) is 11.3 Å². The first kappa shape index (κ1) is 18.1. The quantitative estimate of drug-likeness (QED) is 0.824. The fourth-order valence-corrected chi connectivity index (χ4v) is 3.41. The van der Waals surface area contributed by atoms with Crippen molar-refractivity contribution in [1.82, 2.24) is 20.4 Å². The van der Waals surface area contributed by atoms with Crippen LogP contribution < -0.4 is 5.32 Å². The van der Waals surface area contributed by atoms with Gasteiger partial charge in [0.05, 0.1) is 6.54 Å². The van der Waals surface area contributed by atoms with E-state index >= 15 is 0 Å². The second kappa shape index (κ2) is 8.10. The number of aromatic nitrogens is 2. The normalized spacial score (nSPS) is 16.3. The highest BCUT2D eigenvalue weighted by molar-refractivity contribution is 9.10. The second-order valence-electron chi connectivity index (χ2n) is 6.74. The number of nitrogens with one attached hydrogen (secondary N) is 1. The summed E-state index contributed by atoms with van der Waals surface area (Å²) in [6.45, 7) is 6.34. The van der Waals surface area contributed by atoms with E-state index < -0.39 is 0 Å². The molecule has 3 rings (SSSR count). The minimum atomic E-state index is 0.110. The maximum absolute atomic E-state index is 12.1. The molecule has 1 saturated heterocycles. The number of hydrogen-bond donors (Lipinski definition) is 1. The molecule has 6 nitrogen and oxygen atoms in total. The summed E-state index contributed by atoms with van der Waals surface area (Å²) in [7, 11) is 0. The third kappa shape index (κ3) is 4.89. The highest BCUT2D eigenvalue weighted by Gasteiger charge is 2.26. The monoisotopic (exact) mass is 406 g/mol. The molecule has 7 heteroatoms. The van der Waals surface area contributed by atoms with Crippen LogP contribution in [0.1, 0.15) is 32.6 Å². The summed E-state index contributed by atoms with van der Waals surface area (Å²) in [6, 6.07) is 8.03. The van der Waals surface area contributed by atoms with E-state index in [4.69, 9.17) is 4.52 Å². The van der Waals surface area contributed by atoms with Gasteiger partial charge in [-0.25, -0.2) is 0 Å². The Morgan fingerprint density at radius 3 is 2.84 bits per heavy atom. The van der Waals surface area contributed by atoms with Gasteiger partial charge in [-0.1, -0.05) is 33.2 Å². The molecule has 0 saturated carbocycles. The predicted octanol–water partition coefficient (Wildman–Crippen LogP) is 3.24. The lowest BCUT2D eigenvalue weighted by atomic mass is 9.95. The smallest absolute Gasteiger partial charge is 0.241 e. The third-order valence-electron chi connectivity index (χ3n) is 4.30. The van der Waals surface area contributed by atoms with Gasteiger partial charge in [-0.05, 0) is 51.9 Å². The maximum atomic E-state index is 12.1. The largest absolute Gasteiger partial charge is 0.354 e. The number of rotatable bonds is 5. The van der Waals surface area contributed by atoms with E-state index in [1.807, 2.05) is 38.1 Å². The summed E-state index contributed by atoms with van der Waals surface area (Å²) in [5, 5.41) is 7.07. The third-order valence-corrected chi connectivity index (χ3v) is 4.79. The fourth-order valence-electron chi connectivity index (χ4n) is 3.01. The molecule has 2 heterocycles. The number of likely N-dealkylation sites (tertiary alicyclic amines) is 1.